The van der Waals surface area contributed by atoms with E-state index in [4.69, 9.17) is 14.2 Å². The average Bonchev–Trinajstić information content (AvgIpc) is 2.56. The van der Waals surface area contributed by atoms with Gasteiger partial charge in [-0.2, -0.15) is 0 Å². The summed E-state index contributed by atoms with van der Waals surface area (Å²) in [5.74, 6) is 1.68. The number of hydrogen-bond donors (Lipinski definition) is 1. The fourth-order valence-corrected chi connectivity index (χ4v) is 2.56. The maximum Gasteiger partial charge on any atom is 0.203 e. The van der Waals surface area contributed by atoms with Gasteiger partial charge in [0.1, 0.15) is 5.75 Å². The number of aryl methyl sites for hydroxylation is 1. The van der Waals surface area contributed by atoms with Gasteiger partial charge in [0.25, 0.3) is 0 Å². The molecule has 0 aliphatic carbocycles. The van der Waals surface area contributed by atoms with Crippen molar-refractivity contribution in [1.29, 1.82) is 0 Å². The van der Waals surface area contributed by atoms with Crippen LogP contribution in [0.5, 0.6) is 23.0 Å². The van der Waals surface area contributed by atoms with Crippen LogP contribution < -0.4 is 14.2 Å². The zero-order chi connectivity index (χ0) is 15.9. The first-order chi connectivity index (χ1) is 10.7. The molecule has 2 rings (SSSR count). The molecular weight excluding hydrogens is 280 g/mol. The zero-order valence-electron chi connectivity index (χ0n) is 13.3. The molecule has 0 heterocycles. The molecule has 0 unspecified atom stereocenters. The third kappa shape index (κ3) is 3.45. The molecule has 0 aliphatic rings. The summed E-state index contributed by atoms with van der Waals surface area (Å²) >= 11 is 0. The van der Waals surface area contributed by atoms with Gasteiger partial charge in [-0.15, -0.1) is 0 Å². The summed E-state index contributed by atoms with van der Waals surface area (Å²) in [4.78, 5) is 0. The minimum absolute atomic E-state index is 0.169. The van der Waals surface area contributed by atoms with Crippen LogP contribution >= 0.6 is 0 Å². The number of phenolic OH excluding ortho intramolecular Hbond substituents is 1. The number of hydrogen-bond acceptors (Lipinski definition) is 4. The fraction of sp³-hybridized carbons (Fsp3) is 0.333. The maximum absolute atomic E-state index is 10.2. The first kappa shape index (κ1) is 16.0. The first-order valence-corrected chi connectivity index (χ1v) is 7.26. The topological polar surface area (TPSA) is 47.9 Å². The van der Waals surface area contributed by atoms with E-state index in [1.54, 1.807) is 20.3 Å². The Labute approximate surface area is 131 Å². The lowest BCUT2D eigenvalue weighted by Gasteiger charge is -2.17. The van der Waals surface area contributed by atoms with Crippen LogP contribution in [0.25, 0.3) is 0 Å². The Morgan fingerprint density at radius 1 is 0.864 bits per heavy atom. The Hall–Kier alpha value is -2.36. The molecule has 0 aliphatic heterocycles. The Bertz CT molecular complexity index is 608. The molecule has 4 heteroatoms. The minimum atomic E-state index is 0.169. The van der Waals surface area contributed by atoms with E-state index in [0.717, 1.165) is 18.4 Å². The molecule has 0 aromatic heterocycles. The molecule has 0 spiro atoms. The molecule has 4 nitrogen and oxygen atoms in total. The highest BCUT2D eigenvalue weighted by molar-refractivity contribution is 5.61. The van der Waals surface area contributed by atoms with Crippen molar-refractivity contribution in [3.8, 4) is 23.0 Å². The van der Waals surface area contributed by atoms with Gasteiger partial charge in [0.15, 0.2) is 11.5 Å². The van der Waals surface area contributed by atoms with E-state index in [-0.39, 0.29) is 5.75 Å². The molecule has 2 aromatic rings. The molecule has 0 saturated heterocycles. The number of benzene rings is 2. The summed E-state index contributed by atoms with van der Waals surface area (Å²) in [5, 5.41) is 10.2. The molecule has 0 fully saturated rings. The first-order valence-electron chi connectivity index (χ1n) is 7.26. The number of rotatable bonds is 7. The highest BCUT2D eigenvalue weighted by Crippen LogP contribution is 2.45. The van der Waals surface area contributed by atoms with Gasteiger partial charge in [0.05, 0.1) is 21.3 Å². The second-order valence-corrected chi connectivity index (χ2v) is 4.98. The van der Waals surface area contributed by atoms with Gasteiger partial charge in [-0.3, -0.25) is 0 Å². The quantitative estimate of drug-likeness (QED) is 0.849. The zero-order valence-corrected chi connectivity index (χ0v) is 13.3. The van der Waals surface area contributed by atoms with Gasteiger partial charge >= 0.3 is 0 Å². The van der Waals surface area contributed by atoms with Gasteiger partial charge in [-0.25, -0.2) is 0 Å². The molecular formula is C18H22O4. The summed E-state index contributed by atoms with van der Waals surface area (Å²) in [5.41, 5.74) is 2.03. The minimum Gasteiger partial charge on any atom is -0.507 e. The van der Waals surface area contributed by atoms with E-state index >= 15 is 0 Å². The second kappa shape index (κ2) is 7.59. The predicted octanol–water partition coefficient (Wildman–Crippen LogP) is 3.59. The monoisotopic (exact) mass is 302 g/mol. The van der Waals surface area contributed by atoms with Crippen LogP contribution in [0.1, 0.15) is 17.5 Å². The van der Waals surface area contributed by atoms with Crippen molar-refractivity contribution in [1.82, 2.24) is 0 Å². The lowest BCUT2D eigenvalue weighted by Crippen LogP contribution is -2.00. The molecule has 0 amide bonds. The van der Waals surface area contributed by atoms with Crippen LogP contribution in [0.4, 0.5) is 0 Å². The average molecular weight is 302 g/mol. The molecule has 1 N–H and O–H groups in total. The van der Waals surface area contributed by atoms with Crippen molar-refractivity contribution in [3.63, 3.8) is 0 Å². The van der Waals surface area contributed by atoms with E-state index in [1.165, 1.54) is 12.7 Å². The number of methoxy groups -OCH3 is 3. The summed E-state index contributed by atoms with van der Waals surface area (Å²) in [7, 11) is 4.66. The standard InChI is InChI=1S/C18H22O4/c1-20-16-12-15(19)14(17(21-2)18(16)22-3)11-7-10-13-8-5-4-6-9-13/h4-6,8-9,12,19H,7,10-11H2,1-3H3. The highest BCUT2D eigenvalue weighted by Gasteiger charge is 2.20. The lowest BCUT2D eigenvalue weighted by molar-refractivity contribution is 0.317. The normalized spacial score (nSPS) is 10.3. The third-order valence-electron chi connectivity index (χ3n) is 3.64. The molecule has 0 radical (unpaired) electrons. The van der Waals surface area contributed by atoms with Gasteiger partial charge < -0.3 is 19.3 Å². The Kier molecular flexibility index (Phi) is 5.53. The summed E-state index contributed by atoms with van der Waals surface area (Å²) in [6, 6.07) is 11.8. The van der Waals surface area contributed by atoms with E-state index in [1.807, 2.05) is 18.2 Å². The molecule has 2 aromatic carbocycles. The Balaban J connectivity index is 2.19. The van der Waals surface area contributed by atoms with Crippen LogP contribution in [0, 0.1) is 0 Å². The van der Waals surface area contributed by atoms with Gasteiger partial charge in [-0.05, 0) is 24.8 Å². The van der Waals surface area contributed by atoms with Crippen molar-refractivity contribution in [2.45, 2.75) is 19.3 Å². The summed E-state index contributed by atoms with van der Waals surface area (Å²) in [6.45, 7) is 0. The Morgan fingerprint density at radius 3 is 2.14 bits per heavy atom. The van der Waals surface area contributed by atoms with Gasteiger partial charge in [0.2, 0.25) is 5.75 Å². The molecule has 22 heavy (non-hydrogen) atoms. The second-order valence-electron chi connectivity index (χ2n) is 4.98. The molecule has 0 atom stereocenters. The van der Waals surface area contributed by atoms with E-state index in [9.17, 15) is 5.11 Å². The summed E-state index contributed by atoms with van der Waals surface area (Å²) in [6.07, 6.45) is 2.55. The van der Waals surface area contributed by atoms with Crippen molar-refractivity contribution in [2.75, 3.05) is 21.3 Å². The van der Waals surface area contributed by atoms with Gasteiger partial charge in [0, 0.05) is 11.6 Å². The lowest BCUT2D eigenvalue weighted by atomic mass is 10.0. The van der Waals surface area contributed by atoms with E-state index in [0.29, 0.717) is 23.7 Å². The van der Waals surface area contributed by atoms with Crippen LogP contribution in [0.3, 0.4) is 0 Å². The van der Waals surface area contributed by atoms with E-state index < -0.39 is 0 Å². The highest BCUT2D eigenvalue weighted by atomic mass is 16.5. The van der Waals surface area contributed by atoms with Crippen LogP contribution in [-0.2, 0) is 12.8 Å². The Morgan fingerprint density at radius 2 is 1.55 bits per heavy atom. The van der Waals surface area contributed by atoms with E-state index in [2.05, 4.69) is 12.1 Å². The smallest absolute Gasteiger partial charge is 0.203 e. The van der Waals surface area contributed by atoms with Crippen molar-refractivity contribution < 1.29 is 19.3 Å². The van der Waals surface area contributed by atoms with Crippen LogP contribution in [0.15, 0.2) is 36.4 Å². The van der Waals surface area contributed by atoms with Crippen molar-refractivity contribution in [2.24, 2.45) is 0 Å². The number of ether oxygens (including phenoxy) is 3. The molecule has 0 saturated carbocycles. The predicted molar refractivity (Wildman–Crippen MR) is 86.2 cm³/mol. The van der Waals surface area contributed by atoms with Crippen molar-refractivity contribution in [3.05, 3.63) is 47.5 Å². The number of aromatic hydroxyl groups is 1. The van der Waals surface area contributed by atoms with Gasteiger partial charge in [-0.1, -0.05) is 30.3 Å². The number of phenols is 1. The maximum atomic E-state index is 10.2. The molecule has 118 valence electrons. The SMILES string of the molecule is COc1cc(O)c(CCCc2ccccc2)c(OC)c1OC. The summed E-state index contributed by atoms with van der Waals surface area (Å²) < 4.78 is 16.0. The molecule has 0 bridgehead atoms. The largest absolute Gasteiger partial charge is 0.507 e. The van der Waals surface area contributed by atoms with Crippen molar-refractivity contribution >= 4 is 0 Å². The van der Waals surface area contributed by atoms with Crippen LogP contribution in [-0.4, -0.2) is 26.4 Å². The van der Waals surface area contributed by atoms with Crippen LogP contribution in [0.2, 0.25) is 0 Å². The third-order valence-corrected chi connectivity index (χ3v) is 3.64. The fourth-order valence-electron chi connectivity index (χ4n) is 2.56.